The van der Waals surface area contributed by atoms with Crippen molar-refractivity contribution in [2.24, 2.45) is 5.92 Å². The van der Waals surface area contributed by atoms with E-state index in [-0.39, 0.29) is 18.9 Å². The zero-order valence-corrected chi connectivity index (χ0v) is 20.2. The van der Waals surface area contributed by atoms with Gasteiger partial charge in [0.2, 0.25) is 5.91 Å². The Morgan fingerprint density at radius 1 is 0.972 bits per heavy atom. The largest absolute Gasteiger partial charge is 0.493 e. The third-order valence-corrected chi connectivity index (χ3v) is 5.90. The normalized spacial score (nSPS) is 14.9. The van der Waals surface area contributed by atoms with Gasteiger partial charge in [-0.1, -0.05) is 31.2 Å². The van der Waals surface area contributed by atoms with Crippen molar-refractivity contribution in [1.82, 2.24) is 0 Å². The number of para-hydroxylation sites is 2. The molecule has 1 heterocycles. The van der Waals surface area contributed by atoms with Crippen LogP contribution < -0.4 is 19.7 Å². The van der Waals surface area contributed by atoms with Gasteiger partial charge in [-0.25, -0.2) is 0 Å². The number of amides is 2. The van der Waals surface area contributed by atoms with E-state index < -0.39 is 24.4 Å². The molecule has 1 fully saturated rings. The van der Waals surface area contributed by atoms with E-state index in [4.69, 9.17) is 14.2 Å². The Hall–Kier alpha value is -4.33. The Bertz CT molecular complexity index is 1220. The van der Waals surface area contributed by atoms with E-state index in [1.165, 1.54) is 4.90 Å². The molecule has 0 aliphatic carbocycles. The Labute approximate surface area is 209 Å². The van der Waals surface area contributed by atoms with Crippen LogP contribution in [-0.4, -0.2) is 38.0 Å². The lowest BCUT2D eigenvalue weighted by Crippen LogP contribution is -2.28. The summed E-state index contributed by atoms with van der Waals surface area (Å²) in [5, 5.41) is 2.70. The van der Waals surface area contributed by atoms with Gasteiger partial charge in [-0.05, 0) is 60.5 Å². The first kappa shape index (κ1) is 24.8. The topological polar surface area (TPSA) is 94.2 Å². The molecule has 3 aromatic carbocycles. The second kappa shape index (κ2) is 11.4. The number of methoxy groups -OCH3 is 1. The molecule has 8 nitrogen and oxygen atoms in total. The van der Waals surface area contributed by atoms with Gasteiger partial charge in [-0.3, -0.25) is 14.4 Å². The van der Waals surface area contributed by atoms with Gasteiger partial charge in [0.1, 0.15) is 5.75 Å². The van der Waals surface area contributed by atoms with Gasteiger partial charge in [0.15, 0.2) is 18.1 Å². The van der Waals surface area contributed by atoms with Gasteiger partial charge in [-0.15, -0.1) is 0 Å². The molecule has 8 heteroatoms. The number of hydrogen-bond acceptors (Lipinski definition) is 6. The Morgan fingerprint density at radius 2 is 1.67 bits per heavy atom. The number of carbonyl (C=O) groups excluding carboxylic acids is 3. The lowest BCUT2D eigenvalue weighted by molar-refractivity contribution is -0.151. The highest BCUT2D eigenvalue weighted by atomic mass is 16.5. The zero-order valence-electron chi connectivity index (χ0n) is 20.2. The molecule has 3 aromatic rings. The van der Waals surface area contributed by atoms with Gasteiger partial charge < -0.3 is 24.4 Å². The van der Waals surface area contributed by atoms with Crippen molar-refractivity contribution in [1.29, 1.82) is 0 Å². The summed E-state index contributed by atoms with van der Waals surface area (Å²) < 4.78 is 16.4. The standard InChI is InChI=1S/C28H28N2O6/c1-3-19-8-10-21(11-9-19)29-26(31)18-35-28(33)20-16-27(32)30(17-20)22-12-14-23(15-13-22)36-25-7-5-4-6-24(25)34-2/h4-15,20H,3,16-18H2,1-2H3,(H,29,31)/t20-/m1/s1. The average Bonchev–Trinajstić information content (AvgIpc) is 3.30. The Morgan fingerprint density at radius 3 is 2.33 bits per heavy atom. The van der Waals surface area contributed by atoms with Crippen molar-refractivity contribution in [3.63, 3.8) is 0 Å². The summed E-state index contributed by atoms with van der Waals surface area (Å²) >= 11 is 0. The van der Waals surface area contributed by atoms with Crippen molar-refractivity contribution >= 4 is 29.2 Å². The van der Waals surface area contributed by atoms with Crippen molar-refractivity contribution in [2.45, 2.75) is 19.8 Å². The number of carbonyl (C=O) groups is 3. The van der Waals surface area contributed by atoms with Crippen LogP contribution in [0.25, 0.3) is 0 Å². The minimum absolute atomic E-state index is 0.0262. The fourth-order valence-electron chi connectivity index (χ4n) is 3.91. The number of ether oxygens (including phenoxy) is 3. The van der Waals surface area contributed by atoms with Crippen molar-refractivity contribution in [3.8, 4) is 17.2 Å². The summed E-state index contributed by atoms with van der Waals surface area (Å²) in [4.78, 5) is 38.8. The SMILES string of the molecule is CCc1ccc(NC(=O)COC(=O)[C@@H]2CC(=O)N(c3ccc(Oc4ccccc4OC)cc3)C2)cc1. The molecule has 1 aliphatic heterocycles. The zero-order chi connectivity index (χ0) is 25.5. The first-order valence-corrected chi connectivity index (χ1v) is 11.7. The Balaban J connectivity index is 1.29. The second-order valence-corrected chi connectivity index (χ2v) is 8.36. The number of nitrogens with zero attached hydrogens (tertiary/aromatic N) is 1. The van der Waals surface area contributed by atoms with Gasteiger partial charge >= 0.3 is 5.97 Å². The first-order valence-electron chi connectivity index (χ1n) is 11.7. The number of nitrogens with one attached hydrogen (secondary N) is 1. The first-order chi connectivity index (χ1) is 17.5. The van der Waals surface area contributed by atoms with Crippen LogP contribution in [0.4, 0.5) is 11.4 Å². The molecule has 0 unspecified atom stereocenters. The summed E-state index contributed by atoms with van der Waals surface area (Å²) in [7, 11) is 1.57. The van der Waals surface area contributed by atoms with E-state index in [9.17, 15) is 14.4 Å². The fourth-order valence-corrected chi connectivity index (χ4v) is 3.91. The van der Waals surface area contributed by atoms with E-state index in [1.54, 1.807) is 55.6 Å². The van der Waals surface area contributed by atoms with Crippen LogP contribution in [0.2, 0.25) is 0 Å². The highest BCUT2D eigenvalue weighted by Crippen LogP contribution is 2.33. The quantitative estimate of drug-likeness (QED) is 0.443. The molecule has 186 valence electrons. The monoisotopic (exact) mass is 488 g/mol. The van der Waals surface area contributed by atoms with E-state index >= 15 is 0 Å². The number of rotatable bonds is 9. The lowest BCUT2D eigenvalue weighted by Gasteiger charge is -2.17. The molecular weight excluding hydrogens is 460 g/mol. The molecule has 1 atom stereocenters. The fraction of sp³-hybridized carbons (Fsp3) is 0.250. The van der Waals surface area contributed by atoms with Crippen LogP contribution in [0.5, 0.6) is 17.2 Å². The maximum absolute atomic E-state index is 12.6. The highest BCUT2D eigenvalue weighted by molar-refractivity contribution is 6.00. The summed E-state index contributed by atoms with van der Waals surface area (Å²) in [6.45, 7) is 1.83. The molecule has 1 saturated heterocycles. The van der Waals surface area contributed by atoms with Crippen LogP contribution in [0.15, 0.2) is 72.8 Å². The number of aryl methyl sites for hydroxylation is 1. The molecule has 0 saturated carbocycles. The van der Waals surface area contributed by atoms with Crippen molar-refractivity contribution in [3.05, 3.63) is 78.4 Å². The molecule has 1 N–H and O–H groups in total. The minimum Gasteiger partial charge on any atom is -0.493 e. The number of benzene rings is 3. The van der Waals surface area contributed by atoms with Crippen LogP contribution in [0.1, 0.15) is 18.9 Å². The predicted molar refractivity (Wildman–Crippen MR) is 135 cm³/mol. The summed E-state index contributed by atoms with van der Waals surface area (Å²) in [5.41, 5.74) is 2.44. The third-order valence-electron chi connectivity index (χ3n) is 5.90. The van der Waals surface area contributed by atoms with Gasteiger partial charge in [0.25, 0.3) is 5.91 Å². The number of hydrogen-bond donors (Lipinski definition) is 1. The lowest BCUT2D eigenvalue weighted by atomic mass is 10.1. The van der Waals surface area contributed by atoms with Crippen LogP contribution in [-0.2, 0) is 25.5 Å². The van der Waals surface area contributed by atoms with E-state index in [0.717, 1.165) is 12.0 Å². The van der Waals surface area contributed by atoms with Crippen LogP contribution in [0.3, 0.4) is 0 Å². The van der Waals surface area contributed by atoms with Crippen LogP contribution in [0, 0.1) is 5.92 Å². The number of anilines is 2. The Kier molecular flexibility index (Phi) is 7.85. The minimum atomic E-state index is -0.640. The second-order valence-electron chi connectivity index (χ2n) is 8.36. The number of esters is 1. The molecule has 0 bridgehead atoms. The molecule has 0 spiro atoms. The maximum atomic E-state index is 12.6. The average molecular weight is 489 g/mol. The smallest absolute Gasteiger partial charge is 0.311 e. The van der Waals surface area contributed by atoms with Gasteiger partial charge in [0.05, 0.1) is 13.0 Å². The van der Waals surface area contributed by atoms with Crippen molar-refractivity contribution < 1.29 is 28.6 Å². The third kappa shape index (κ3) is 6.02. The summed E-state index contributed by atoms with van der Waals surface area (Å²) in [5.74, 6) is -0.0518. The molecule has 2 amide bonds. The van der Waals surface area contributed by atoms with E-state index in [1.807, 2.05) is 24.3 Å². The van der Waals surface area contributed by atoms with Gasteiger partial charge in [-0.2, -0.15) is 0 Å². The maximum Gasteiger partial charge on any atom is 0.311 e. The van der Waals surface area contributed by atoms with Gasteiger partial charge in [0, 0.05) is 24.3 Å². The summed E-state index contributed by atoms with van der Waals surface area (Å²) in [6.07, 6.45) is 0.933. The molecule has 0 aromatic heterocycles. The summed E-state index contributed by atoms with van der Waals surface area (Å²) in [6, 6.07) is 21.8. The van der Waals surface area contributed by atoms with E-state index in [2.05, 4.69) is 12.2 Å². The van der Waals surface area contributed by atoms with Crippen LogP contribution >= 0.6 is 0 Å². The molecule has 1 aliphatic rings. The van der Waals surface area contributed by atoms with E-state index in [0.29, 0.717) is 28.6 Å². The molecule has 36 heavy (non-hydrogen) atoms. The van der Waals surface area contributed by atoms with Crippen molar-refractivity contribution in [2.75, 3.05) is 30.5 Å². The molecule has 0 radical (unpaired) electrons. The molecule has 4 rings (SSSR count). The highest BCUT2D eigenvalue weighted by Gasteiger charge is 2.36. The molecular formula is C28H28N2O6. The predicted octanol–water partition coefficient (Wildman–Crippen LogP) is 4.58.